The van der Waals surface area contributed by atoms with Crippen molar-refractivity contribution in [1.29, 1.82) is 0 Å². The maximum absolute atomic E-state index is 12.5. The molecule has 3 nitrogen and oxygen atoms in total. The van der Waals surface area contributed by atoms with Crippen LogP contribution >= 0.6 is 23.8 Å². The second-order valence-electron chi connectivity index (χ2n) is 4.78. The lowest BCUT2D eigenvalue weighted by molar-refractivity contribution is 0.302. The van der Waals surface area contributed by atoms with E-state index in [1.54, 1.807) is 16.7 Å². The van der Waals surface area contributed by atoms with Crippen LogP contribution in [0.5, 0.6) is 0 Å². The molecule has 1 saturated carbocycles. The summed E-state index contributed by atoms with van der Waals surface area (Å²) >= 11 is 11.4. The normalized spacial score (nSPS) is 15.9. The van der Waals surface area contributed by atoms with Crippen LogP contribution in [0.3, 0.4) is 0 Å². The lowest BCUT2D eigenvalue weighted by atomic mass is 9.93. The number of aromatic amines is 1. The molecule has 0 spiro atoms. The van der Waals surface area contributed by atoms with Gasteiger partial charge in [-0.2, -0.15) is 0 Å². The Kier molecular flexibility index (Phi) is 2.79. The van der Waals surface area contributed by atoms with Crippen LogP contribution in [0.4, 0.5) is 0 Å². The van der Waals surface area contributed by atoms with E-state index >= 15 is 0 Å². The number of benzene rings is 1. The van der Waals surface area contributed by atoms with Gasteiger partial charge in [-0.25, -0.2) is 0 Å². The van der Waals surface area contributed by atoms with Crippen LogP contribution in [0.25, 0.3) is 10.9 Å². The van der Waals surface area contributed by atoms with Crippen molar-refractivity contribution in [3.05, 3.63) is 37.8 Å². The monoisotopic (exact) mass is 280 g/mol. The molecule has 0 unspecified atom stereocenters. The summed E-state index contributed by atoms with van der Waals surface area (Å²) in [6.45, 7) is 1.89. The fourth-order valence-corrected chi connectivity index (χ4v) is 2.88. The molecule has 1 aliphatic carbocycles. The van der Waals surface area contributed by atoms with Gasteiger partial charge in [-0.05, 0) is 56.1 Å². The minimum absolute atomic E-state index is 0.00165. The van der Waals surface area contributed by atoms with Crippen molar-refractivity contribution in [3.63, 3.8) is 0 Å². The Balaban J connectivity index is 2.39. The van der Waals surface area contributed by atoms with Gasteiger partial charge in [-0.15, -0.1) is 0 Å². The summed E-state index contributed by atoms with van der Waals surface area (Å²) < 4.78 is 2.22. The Morgan fingerprint density at radius 3 is 2.78 bits per heavy atom. The largest absolute Gasteiger partial charge is 0.331 e. The van der Waals surface area contributed by atoms with Crippen LogP contribution in [0.15, 0.2) is 16.9 Å². The van der Waals surface area contributed by atoms with E-state index in [0.29, 0.717) is 15.2 Å². The second-order valence-corrected chi connectivity index (χ2v) is 5.58. The highest BCUT2D eigenvalue weighted by molar-refractivity contribution is 7.71. The van der Waals surface area contributed by atoms with Gasteiger partial charge in [0.05, 0.1) is 10.9 Å². The number of nitrogens with zero attached hydrogens (tertiary/aromatic N) is 1. The topological polar surface area (TPSA) is 37.8 Å². The number of rotatable bonds is 1. The first-order chi connectivity index (χ1) is 8.59. The van der Waals surface area contributed by atoms with Crippen LogP contribution in [-0.4, -0.2) is 9.55 Å². The highest BCUT2D eigenvalue weighted by Gasteiger charge is 2.22. The van der Waals surface area contributed by atoms with Gasteiger partial charge in [-0.3, -0.25) is 9.36 Å². The van der Waals surface area contributed by atoms with Gasteiger partial charge in [0.25, 0.3) is 5.56 Å². The average molecular weight is 281 g/mol. The predicted molar refractivity (Wildman–Crippen MR) is 76.0 cm³/mol. The van der Waals surface area contributed by atoms with E-state index in [1.807, 2.05) is 6.92 Å². The molecule has 94 valence electrons. The van der Waals surface area contributed by atoms with E-state index in [4.69, 9.17) is 23.8 Å². The molecule has 0 atom stereocenters. The van der Waals surface area contributed by atoms with Crippen molar-refractivity contribution in [2.45, 2.75) is 32.2 Å². The van der Waals surface area contributed by atoms with Crippen molar-refractivity contribution in [2.75, 3.05) is 0 Å². The summed E-state index contributed by atoms with van der Waals surface area (Å²) in [6.07, 6.45) is 3.24. The zero-order chi connectivity index (χ0) is 12.9. The molecule has 1 fully saturated rings. The Labute approximate surface area is 114 Å². The maximum atomic E-state index is 12.5. The molecule has 1 aromatic carbocycles. The lowest BCUT2D eigenvalue weighted by Crippen LogP contribution is -2.30. The fourth-order valence-electron chi connectivity index (χ4n) is 2.39. The van der Waals surface area contributed by atoms with Gasteiger partial charge in [0.2, 0.25) is 0 Å². The summed E-state index contributed by atoms with van der Waals surface area (Å²) in [6, 6.07) is 3.80. The summed E-state index contributed by atoms with van der Waals surface area (Å²) in [5.74, 6) is 0. The molecular weight excluding hydrogens is 268 g/mol. The second kappa shape index (κ2) is 4.21. The molecule has 1 aromatic heterocycles. The van der Waals surface area contributed by atoms with Gasteiger partial charge >= 0.3 is 0 Å². The zero-order valence-corrected chi connectivity index (χ0v) is 11.6. The van der Waals surface area contributed by atoms with E-state index < -0.39 is 0 Å². The number of aryl methyl sites for hydroxylation is 1. The fraction of sp³-hybridized carbons (Fsp3) is 0.385. The van der Waals surface area contributed by atoms with Crippen LogP contribution in [0.2, 0.25) is 5.02 Å². The molecule has 18 heavy (non-hydrogen) atoms. The van der Waals surface area contributed by atoms with Crippen molar-refractivity contribution in [1.82, 2.24) is 9.55 Å². The van der Waals surface area contributed by atoms with E-state index in [2.05, 4.69) is 4.98 Å². The first-order valence-corrected chi connectivity index (χ1v) is 6.82. The van der Waals surface area contributed by atoms with Gasteiger partial charge in [-0.1, -0.05) is 11.6 Å². The van der Waals surface area contributed by atoms with E-state index in [9.17, 15) is 4.79 Å². The number of halogens is 1. The number of nitrogens with one attached hydrogen (secondary N) is 1. The van der Waals surface area contributed by atoms with Gasteiger partial charge in [0, 0.05) is 11.1 Å². The van der Waals surface area contributed by atoms with Crippen molar-refractivity contribution < 1.29 is 0 Å². The highest BCUT2D eigenvalue weighted by atomic mass is 35.5. The van der Waals surface area contributed by atoms with E-state index in [0.717, 1.165) is 23.9 Å². The molecule has 0 radical (unpaired) electrons. The van der Waals surface area contributed by atoms with Crippen molar-refractivity contribution >= 4 is 34.7 Å². The molecule has 3 rings (SSSR count). The number of hydrogen-bond acceptors (Lipinski definition) is 2. The quantitative estimate of drug-likeness (QED) is 0.808. The average Bonchev–Trinajstić information content (AvgIpc) is 2.27. The Bertz CT molecular complexity index is 743. The summed E-state index contributed by atoms with van der Waals surface area (Å²) in [5, 5.41) is 1.31. The first kappa shape index (κ1) is 11.9. The number of hydrogen-bond donors (Lipinski definition) is 1. The maximum Gasteiger partial charge on any atom is 0.262 e. The molecule has 1 heterocycles. The van der Waals surface area contributed by atoms with Crippen LogP contribution in [0, 0.1) is 11.7 Å². The Hall–Kier alpha value is -1.13. The predicted octanol–water partition coefficient (Wildman–Crippen LogP) is 3.75. The number of fused-ring (bicyclic) bond motifs is 1. The van der Waals surface area contributed by atoms with Gasteiger partial charge in [0.1, 0.15) is 0 Å². The third-order valence-electron chi connectivity index (χ3n) is 3.74. The zero-order valence-electron chi connectivity index (χ0n) is 10.00. The molecule has 0 bridgehead atoms. The lowest BCUT2D eigenvalue weighted by Gasteiger charge is -2.27. The summed E-state index contributed by atoms with van der Waals surface area (Å²) in [4.78, 5) is 15.6. The molecule has 5 heteroatoms. The molecule has 0 amide bonds. The first-order valence-electron chi connectivity index (χ1n) is 6.03. The Morgan fingerprint density at radius 1 is 1.44 bits per heavy atom. The van der Waals surface area contributed by atoms with Gasteiger partial charge < -0.3 is 4.98 Å². The summed E-state index contributed by atoms with van der Waals surface area (Å²) in [5.41, 5.74) is 1.63. The van der Waals surface area contributed by atoms with Crippen molar-refractivity contribution in [2.24, 2.45) is 0 Å². The summed E-state index contributed by atoms with van der Waals surface area (Å²) in [7, 11) is 0. The minimum atomic E-state index is -0.00165. The van der Waals surface area contributed by atoms with E-state index in [1.165, 1.54) is 6.42 Å². The minimum Gasteiger partial charge on any atom is -0.331 e. The van der Waals surface area contributed by atoms with Crippen molar-refractivity contribution in [3.8, 4) is 0 Å². The standard InChI is InChI=1S/C13H13ClN2OS/c1-7-10(14)6-5-9-11(7)15-13(18)16(12(9)17)8-3-2-4-8/h5-6,8H,2-4H2,1H3,(H,15,18). The molecule has 1 N–H and O–H groups in total. The number of H-pyrrole nitrogens is 1. The third-order valence-corrected chi connectivity index (χ3v) is 4.45. The molecule has 1 aliphatic rings. The molecule has 2 aromatic rings. The molecule has 0 aliphatic heterocycles. The van der Waals surface area contributed by atoms with Gasteiger partial charge in [0.15, 0.2) is 4.77 Å². The SMILES string of the molecule is Cc1c(Cl)ccc2c(=O)n(C3CCC3)c(=S)[nH]c12. The van der Waals surface area contributed by atoms with E-state index in [-0.39, 0.29) is 11.6 Å². The highest BCUT2D eigenvalue weighted by Crippen LogP contribution is 2.31. The molecular formula is C13H13ClN2OS. The van der Waals surface area contributed by atoms with Crippen LogP contribution < -0.4 is 5.56 Å². The molecule has 0 saturated heterocycles. The smallest absolute Gasteiger partial charge is 0.262 e. The Morgan fingerprint density at radius 2 is 2.17 bits per heavy atom. The van der Waals surface area contributed by atoms with Crippen LogP contribution in [0.1, 0.15) is 30.9 Å². The van der Waals surface area contributed by atoms with Crippen LogP contribution in [-0.2, 0) is 0 Å². The third kappa shape index (κ3) is 1.63. The number of aromatic nitrogens is 2.